The van der Waals surface area contributed by atoms with Crippen molar-refractivity contribution in [2.24, 2.45) is 0 Å². The van der Waals surface area contributed by atoms with E-state index in [-0.39, 0.29) is 0 Å². The van der Waals surface area contributed by atoms with Crippen molar-refractivity contribution in [3.8, 4) is 34.5 Å². The Kier molecular flexibility index (Phi) is 9.10. The quantitative estimate of drug-likeness (QED) is 0.167. The van der Waals surface area contributed by atoms with Gasteiger partial charge in [0.05, 0.1) is 5.69 Å². The number of rotatable bonds is 7. The van der Waals surface area contributed by atoms with E-state index in [1.54, 1.807) is 0 Å². The molecule has 7 aromatic rings. The summed E-state index contributed by atoms with van der Waals surface area (Å²) in [5.41, 5.74) is 16.6. The molecule has 0 fully saturated rings. The summed E-state index contributed by atoms with van der Waals surface area (Å²) in [7, 11) is 0. The lowest BCUT2D eigenvalue weighted by Gasteiger charge is -2.30. The van der Waals surface area contributed by atoms with E-state index in [9.17, 15) is 10.5 Å². The first kappa shape index (κ1) is 35.6. The van der Waals surface area contributed by atoms with Gasteiger partial charge in [-0.1, -0.05) is 30.3 Å². The van der Waals surface area contributed by atoms with Gasteiger partial charge in [-0.3, -0.25) is 9.97 Å². The minimum atomic E-state index is 0.375. The standard InChI is InChI=1S/C45H40N12/c1-27-29(3)44(53-51-40(27)19-46)55-15-13-38-36(24-55)17-32(21-48-38)6-5-31-7-9-33(10-8-31)42-26-57-23-34(11-12-43(57)50-42)35-18-37-25-56(16-14-39(37)49-22-35)45-30(4)28(2)41(20-47)52-54-45/h7-12,17-18,21-23,26H,5-6,13-16,24-25H2,1-4H3. The third-order valence-corrected chi connectivity index (χ3v) is 11.7. The summed E-state index contributed by atoms with van der Waals surface area (Å²) in [5, 5.41) is 35.9. The molecule has 0 saturated carbocycles. The molecule has 0 atom stereocenters. The number of hydrogen-bond acceptors (Lipinski definition) is 11. The highest BCUT2D eigenvalue weighted by atomic mass is 15.3. The van der Waals surface area contributed by atoms with Crippen LogP contribution in [0.4, 0.5) is 11.6 Å². The van der Waals surface area contributed by atoms with Crippen molar-refractivity contribution in [1.82, 2.24) is 39.7 Å². The predicted octanol–water partition coefficient (Wildman–Crippen LogP) is 6.93. The van der Waals surface area contributed by atoms with Gasteiger partial charge in [-0.05, 0) is 103 Å². The summed E-state index contributed by atoms with van der Waals surface area (Å²) < 4.78 is 2.09. The lowest BCUT2D eigenvalue weighted by Crippen LogP contribution is -2.32. The average Bonchev–Trinajstić information content (AvgIpc) is 3.68. The maximum atomic E-state index is 9.38. The lowest BCUT2D eigenvalue weighted by molar-refractivity contribution is 0.688. The number of aryl methyl sites for hydroxylation is 2. The number of nitriles is 2. The Bertz CT molecular complexity index is 2790. The summed E-state index contributed by atoms with van der Waals surface area (Å²) in [6.45, 7) is 10.9. The molecule has 1 aromatic carbocycles. The van der Waals surface area contributed by atoms with Crippen LogP contribution >= 0.6 is 0 Å². The first-order valence-electron chi connectivity index (χ1n) is 19.3. The van der Waals surface area contributed by atoms with Crippen LogP contribution in [0.5, 0.6) is 0 Å². The summed E-state index contributed by atoms with van der Waals surface area (Å²) in [6.07, 6.45) is 11.7. The van der Waals surface area contributed by atoms with Crippen molar-refractivity contribution >= 4 is 17.3 Å². The highest BCUT2D eigenvalue weighted by Gasteiger charge is 2.24. The van der Waals surface area contributed by atoms with Gasteiger partial charge in [-0.2, -0.15) is 10.5 Å². The van der Waals surface area contributed by atoms with Crippen LogP contribution in [-0.4, -0.2) is 52.8 Å². The minimum absolute atomic E-state index is 0.375. The molecule has 2 aliphatic rings. The molecular weight excluding hydrogens is 709 g/mol. The fraction of sp³-hybridized carbons (Fsp3) is 0.267. The third-order valence-electron chi connectivity index (χ3n) is 11.7. The van der Waals surface area contributed by atoms with Crippen molar-refractivity contribution in [1.29, 1.82) is 10.5 Å². The van der Waals surface area contributed by atoms with Gasteiger partial charge in [0, 0.05) is 91.9 Å². The molecule has 0 saturated heterocycles. The fourth-order valence-electron chi connectivity index (χ4n) is 7.99. The molecule has 0 N–H and O–H groups in total. The molecule has 0 bridgehead atoms. The summed E-state index contributed by atoms with van der Waals surface area (Å²) in [5.74, 6) is 1.67. The molecule has 2 aliphatic heterocycles. The number of imidazole rings is 1. The largest absolute Gasteiger partial charge is 0.350 e. The van der Waals surface area contributed by atoms with Crippen LogP contribution in [0.3, 0.4) is 0 Å². The topological polar surface area (TPSA) is 149 Å². The summed E-state index contributed by atoms with van der Waals surface area (Å²) in [4.78, 5) is 19.1. The molecule has 0 unspecified atom stereocenters. The Morgan fingerprint density at radius 2 is 1.18 bits per heavy atom. The first-order chi connectivity index (χ1) is 27.8. The van der Waals surface area contributed by atoms with Gasteiger partial charge in [0.1, 0.15) is 17.8 Å². The van der Waals surface area contributed by atoms with E-state index < -0.39 is 0 Å². The van der Waals surface area contributed by atoms with E-state index >= 15 is 0 Å². The molecular formula is C45H40N12. The Morgan fingerprint density at radius 1 is 0.596 bits per heavy atom. The van der Waals surface area contributed by atoms with E-state index in [1.165, 1.54) is 22.3 Å². The second-order valence-electron chi connectivity index (χ2n) is 15.1. The van der Waals surface area contributed by atoms with Crippen LogP contribution in [0.1, 0.15) is 67.3 Å². The number of pyridine rings is 3. The van der Waals surface area contributed by atoms with Gasteiger partial charge >= 0.3 is 0 Å². The van der Waals surface area contributed by atoms with Crippen molar-refractivity contribution in [2.75, 3.05) is 22.9 Å². The molecule has 12 heteroatoms. The molecule has 9 rings (SSSR count). The van der Waals surface area contributed by atoms with Gasteiger partial charge in [0.25, 0.3) is 0 Å². The third kappa shape index (κ3) is 6.70. The van der Waals surface area contributed by atoms with Gasteiger partial charge in [-0.25, -0.2) is 4.98 Å². The molecule has 0 amide bonds. The van der Waals surface area contributed by atoms with E-state index in [2.05, 4.69) is 108 Å². The van der Waals surface area contributed by atoms with Gasteiger partial charge in [0.2, 0.25) is 0 Å². The Morgan fingerprint density at radius 3 is 1.81 bits per heavy atom. The zero-order chi connectivity index (χ0) is 39.2. The molecule has 8 heterocycles. The van der Waals surface area contributed by atoms with Gasteiger partial charge < -0.3 is 14.2 Å². The van der Waals surface area contributed by atoms with E-state index in [0.717, 1.165) is 119 Å². The second kappa shape index (κ2) is 14.5. The minimum Gasteiger partial charge on any atom is -0.350 e. The summed E-state index contributed by atoms with van der Waals surface area (Å²) >= 11 is 0. The second-order valence-corrected chi connectivity index (χ2v) is 15.1. The van der Waals surface area contributed by atoms with Crippen LogP contribution in [0, 0.1) is 50.4 Å². The fourth-order valence-corrected chi connectivity index (χ4v) is 7.99. The zero-order valence-corrected chi connectivity index (χ0v) is 32.5. The number of fused-ring (bicyclic) bond motifs is 3. The SMILES string of the molecule is Cc1c(C#N)nnc(N2CCc3ncc(CCc4ccc(-c5cn6cc(-c7cnc8c(c7)CN(c7nnc(C#N)c(C)c7C)CC8)ccc6n5)cc4)cc3C2)c1C. The Labute approximate surface area is 331 Å². The number of nitrogens with zero attached hydrogens (tertiary/aromatic N) is 12. The molecule has 0 aliphatic carbocycles. The highest BCUT2D eigenvalue weighted by molar-refractivity contribution is 5.68. The summed E-state index contributed by atoms with van der Waals surface area (Å²) in [6, 6.07) is 21.7. The van der Waals surface area contributed by atoms with Gasteiger partial charge in [-0.15, -0.1) is 20.4 Å². The van der Waals surface area contributed by atoms with Crippen molar-refractivity contribution in [2.45, 2.75) is 66.5 Å². The van der Waals surface area contributed by atoms with Crippen molar-refractivity contribution < 1.29 is 0 Å². The van der Waals surface area contributed by atoms with E-state index in [1.807, 2.05) is 40.1 Å². The smallest absolute Gasteiger partial charge is 0.166 e. The van der Waals surface area contributed by atoms with Gasteiger partial charge in [0.15, 0.2) is 23.0 Å². The first-order valence-corrected chi connectivity index (χ1v) is 19.3. The molecule has 0 radical (unpaired) electrons. The van der Waals surface area contributed by atoms with Crippen molar-refractivity contribution in [3.63, 3.8) is 0 Å². The zero-order valence-electron chi connectivity index (χ0n) is 32.5. The predicted molar refractivity (Wildman–Crippen MR) is 217 cm³/mol. The Balaban J connectivity index is 0.865. The lowest BCUT2D eigenvalue weighted by atomic mass is 9.99. The molecule has 280 valence electrons. The molecule has 0 spiro atoms. The number of anilines is 2. The van der Waals surface area contributed by atoms with Crippen LogP contribution in [0.2, 0.25) is 0 Å². The van der Waals surface area contributed by atoms with E-state index in [4.69, 9.17) is 15.0 Å². The maximum absolute atomic E-state index is 9.38. The van der Waals surface area contributed by atoms with Crippen molar-refractivity contribution in [3.05, 3.63) is 141 Å². The number of benzene rings is 1. The number of hydrogen-bond donors (Lipinski definition) is 0. The molecule has 6 aromatic heterocycles. The highest BCUT2D eigenvalue weighted by Crippen LogP contribution is 2.31. The molecule has 12 nitrogen and oxygen atoms in total. The average molecular weight is 749 g/mol. The van der Waals surface area contributed by atoms with Crippen LogP contribution in [0.25, 0.3) is 28.0 Å². The van der Waals surface area contributed by atoms with Crippen LogP contribution in [-0.2, 0) is 38.8 Å². The molecule has 57 heavy (non-hydrogen) atoms. The Hall–Kier alpha value is -7.05. The maximum Gasteiger partial charge on any atom is 0.166 e. The van der Waals surface area contributed by atoms with Crippen LogP contribution in [0.15, 0.2) is 73.3 Å². The van der Waals surface area contributed by atoms with Crippen LogP contribution < -0.4 is 9.80 Å². The van der Waals surface area contributed by atoms with E-state index in [0.29, 0.717) is 17.9 Å². The normalized spacial score (nSPS) is 13.6. The number of aromatic nitrogens is 8. The monoisotopic (exact) mass is 748 g/mol.